The molecule has 92 valence electrons. The fourth-order valence-electron chi connectivity index (χ4n) is 3.56. The molecule has 0 aromatic heterocycles. The molecule has 2 atom stereocenters. The zero-order valence-corrected chi connectivity index (χ0v) is 9.86. The van der Waals surface area contributed by atoms with Crippen LogP contribution in [0, 0.1) is 5.92 Å². The van der Waals surface area contributed by atoms with Crippen molar-refractivity contribution in [3.63, 3.8) is 0 Å². The Bertz CT molecular complexity index is 247. The van der Waals surface area contributed by atoms with E-state index in [1.165, 1.54) is 19.4 Å². The summed E-state index contributed by atoms with van der Waals surface area (Å²) in [4.78, 5) is 2.59. The number of piperidine rings is 2. The maximum absolute atomic E-state index is 5.89. The van der Waals surface area contributed by atoms with Gasteiger partial charge in [0.2, 0.25) is 0 Å². The second-order valence-corrected chi connectivity index (χ2v) is 5.30. The summed E-state index contributed by atoms with van der Waals surface area (Å²) in [6.07, 6.45) is 4.62. The first-order valence-electron chi connectivity index (χ1n) is 6.55. The van der Waals surface area contributed by atoms with Gasteiger partial charge < -0.3 is 15.2 Å². The number of fused-ring (bicyclic) bond motifs is 1. The molecule has 3 rings (SSSR count). The van der Waals surface area contributed by atoms with Gasteiger partial charge in [0, 0.05) is 25.4 Å². The lowest BCUT2D eigenvalue weighted by Crippen LogP contribution is -2.57. The topological polar surface area (TPSA) is 47.7 Å². The van der Waals surface area contributed by atoms with Gasteiger partial charge in [0.05, 0.1) is 13.2 Å². The predicted octanol–water partition coefficient (Wildman–Crippen LogP) is 0.563. The van der Waals surface area contributed by atoms with Crippen molar-refractivity contribution >= 4 is 0 Å². The fraction of sp³-hybridized carbons (Fsp3) is 1.00. The predicted molar refractivity (Wildman–Crippen MR) is 61.0 cm³/mol. The molecule has 0 aromatic carbocycles. The molecule has 0 unspecified atom stereocenters. The highest BCUT2D eigenvalue weighted by Crippen LogP contribution is 2.39. The van der Waals surface area contributed by atoms with E-state index < -0.39 is 0 Å². The average Bonchev–Trinajstić information content (AvgIpc) is 2.77. The van der Waals surface area contributed by atoms with E-state index in [0.717, 1.165) is 39.1 Å². The SMILES string of the molecule is NC[C@@H]1CCCN2CCC3(C[C@H]12)OCCO3. The Labute approximate surface area is 97.1 Å². The lowest BCUT2D eigenvalue weighted by atomic mass is 9.81. The molecule has 3 aliphatic rings. The summed E-state index contributed by atoms with van der Waals surface area (Å²) < 4.78 is 11.7. The van der Waals surface area contributed by atoms with Crippen molar-refractivity contribution in [3.05, 3.63) is 0 Å². The second-order valence-electron chi connectivity index (χ2n) is 5.30. The smallest absolute Gasteiger partial charge is 0.171 e. The van der Waals surface area contributed by atoms with E-state index in [4.69, 9.17) is 15.2 Å². The molecular formula is C12H22N2O2. The third-order valence-electron chi connectivity index (χ3n) is 4.45. The highest BCUT2D eigenvalue weighted by molar-refractivity contribution is 4.95. The van der Waals surface area contributed by atoms with Gasteiger partial charge in [-0.1, -0.05) is 0 Å². The molecule has 1 spiro atoms. The summed E-state index contributed by atoms with van der Waals surface area (Å²) in [7, 11) is 0. The second kappa shape index (κ2) is 4.26. The van der Waals surface area contributed by atoms with E-state index in [1.807, 2.05) is 0 Å². The Morgan fingerprint density at radius 2 is 2.06 bits per heavy atom. The van der Waals surface area contributed by atoms with Gasteiger partial charge in [-0.15, -0.1) is 0 Å². The fourth-order valence-corrected chi connectivity index (χ4v) is 3.56. The molecule has 4 heteroatoms. The first kappa shape index (κ1) is 11.0. The maximum atomic E-state index is 5.89. The van der Waals surface area contributed by atoms with E-state index in [0.29, 0.717) is 12.0 Å². The molecule has 2 N–H and O–H groups in total. The van der Waals surface area contributed by atoms with Crippen molar-refractivity contribution in [2.75, 3.05) is 32.8 Å². The lowest BCUT2D eigenvalue weighted by Gasteiger charge is -2.49. The van der Waals surface area contributed by atoms with Crippen LogP contribution in [0.5, 0.6) is 0 Å². The van der Waals surface area contributed by atoms with Crippen molar-refractivity contribution in [1.29, 1.82) is 0 Å². The van der Waals surface area contributed by atoms with Crippen LogP contribution < -0.4 is 5.73 Å². The van der Waals surface area contributed by atoms with Crippen LogP contribution in [-0.2, 0) is 9.47 Å². The minimum Gasteiger partial charge on any atom is -0.347 e. The van der Waals surface area contributed by atoms with Crippen LogP contribution in [0.15, 0.2) is 0 Å². The number of rotatable bonds is 1. The van der Waals surface area contributed by atoms with E-state index >= 15 is 0 Å². The summed E-state index contributed by atoms with van der Waals surface area (Å²) in [5, 5.41) is 0. The summed E-state index contributed by atoms with van der Waals surface area (Å²) in [5.41, 5.74) is 5.89. The third-order valence-corrected chi connectivity index (χ3v) is 4.45. The Balaban J connectivity index is 1.74. The minimum atomic E-state index is -0.258. The third kappa shape index (κ3) is 1.78. The Morgan fingerprint density at radius 1 is 1.25 bits per heavy atom. The standard InChI is InChI=1S/C12H22N2O2/c13-9-10-2-1-4-14-5-3-12(8-11(10)14)15-6-7-16-12/h10-11H,1-9,13H2/t10-,11+/m0/s1. The summed E-state index contributed by atoms with van der Waals surface area (Å²) >= 11 is 0. The molecular weight excluding hydrogens is 204 g/mol. The number of ether oxygens (including phenoxy) is 2. The van der Waals surface area contributed by atoms with E-state index in [1.54, 1.807) is 0 Å². The zero-order chi connectivity index (χ0) is 11.0. The summed E-state index contributed by atoms with van der Waals surface area (Å²) in [6.45, 7) is 4.68. The van der Waals surface area contributed by atoms with Gasteiger partial charge in [-0.05, 0) is 31.8 Å². The highest BCUT2D eigenvalue weighted by Gasteiger charge is 2.46. The molecule has 3 heterocycles. The van der Waals surface area contributed by atoms with Crippen molar-refractivity contribution in [2.45, 2.75) is 37.5 Å². The van der Waals surface area contributed by atoms with Crippen LogP contribution in [0.25, 0.3) is 0 Å². The van der Waals surface area contributed by atoms with Crippen molar-refractivity contribution < 1.29 is 9.47 Å². The largest absolute Gasteiger partial charge is 0.347 e. The zero-order valence-electron chi connectivity index (χ0n) is 9.86. The average molecular weight is 226 g/mol. The van der Waals surface area contributed by atoms with Gasteiger partial charge in [0.15, 0.2) is 5.79 Å². The molecule has 0 amide bonds. The van der Waals surface area contributed by atoms with Crippen LogP contribution in [0.3, 0.4) is 0 Å². The Morgan fingerprint density at radius 3 is 2.81 bits per heavy atom. The molecule has 3 saturated heterocycles. The number of nitrogens with two attached hydrogens (primary N) is 1. The summed E-state index contributed by atoms with van der Waals surface area (Å²) in [5.74, 6) is 0.380. The molecule has 16 heavy (non-hydrogen) atoms. The van der Waals surface area contributed by atoms with Crippen LogP contribution >= 0.6 is 0 Å². The van der Waals surface area contributed by atoms with Gasteiger partial charge in [0.1, 0.15) is 0 Å². The van der Waals surface area contributed by atoms with Gasteiger partial charge in [-0.3, -0.25) is 4.90 Å². The van der Waals surface area contributed by atoms with E-state index in [9.17, 15) is 0 Å². The summed E-state index contributed by atoms with van der Waals surface area (Å²) in [6, 6.07) is 0.589. The van der Waals surface area contributed by atoms with Gasteiger partial charge >= 0.3 is 0 Å². The molecule has 3 fully saturated rings. The molecule has 3 aliphatic heterocycles. The van der Waals surface area contributed by atoms with Crippen LogP contribution in [0.2, 0.25) is 0 Å². The van der Waals surface area contributed by atoms with Gasteiger partial charge in [0.25, 0.3) is 0 Å². The normalized spacial score (nSPS) is 38.8. The highest BCUT2D eigenvalue weighted by atomic mass is 16.7. The lowest BCUT2D eigenvalue weighted by molar-refractivity contribution is -0.204. The minimum absolute atomic E-state index is 0.258. The molecule has 0 radical (unpaired) electrons. The number of hydrogen-bond acceptors (Lipinski definition) is 4. The number of hydrogen-bond donors (Lipinski definition) is 1. The van der Waals surface area contributed by atoms with Crippen LogP contribution in [0.4, 0.5) is 0 Å². The molecule has 4 nitrogen and oxygen atoms in total. The monoisotopic (exact) mass is 226 g/mol. The van der Waals surface area contributed by atoms with Crippen molar-refractivity contribution in [3.8, 4) is 0 Å². The van der Waals surface area contributed by atoms with Gasteiger partial charge in [-0.25, -0.2) is 0 Å². The molecule has 0 bridgehead atoms. The van der Waals surface area contributed by atoms with Crippen molar-refractivity contribution in [2.24, 2.45) is 11.7 Å². The molecule has 0 saturated carbocycles. The van der Waals surface area contributed by atoms with Crippen molar-refractivity contribution in [1.82, 2.24) is 4.90 Å². The quantitative estimate of drug-likeness (QED) is 0.710. The Hall–Kier alpha value is -0.160. The first-order chi connectivity index (χ1) is 7.83. The van der Waals surface area contributed by atoms with E-state index in [-0.39, 0.29) is 5.79 Å². The molecule has 0 aliphatic carbocycles. The van der Waals surface area contributed by atoms with Crippen LogP contribution in [0.1, 0.15) is 25.7 Å². The number of nitrogens with zero attached hydrogens (tertiary/aromatic N) is 1. The first-order valence-corrected chi connectivity index (χ1v) is 6.55. The molecule has 0 aromatic rings. The van der Waals surface area contributed by atoms with E-state index in [2.05, 4.69) is 4.90 Å². The Kier molecular flexibility index (Phi) is 2.92. The van der Waals surface area contributed by atoms with Gasteiger partial charge in [-0.2, -0.15) is 0 Å². The van der Waals surface area contributed by atoms with Crippen LogP contribution in [-0.4, -0.2) is 49.6 Å². The maximum Gasteiger partial charge on any atom is 0.171 e.